The van der Waals surface area contributed by atoms with Gasteiger partial charge in [-0.3, -0.25) is 0 Å². The Labute approximate surface area is 104 Å². The monoisotopic (exact) mass is 240 g/mol. The number of nitrogens with one attached hydrogen (secondary N) is 2. The van der Waals surface area contributed by atoms with Gasteiger partial charge in [-0.2, -0.15) is 5.10 Å². The summed E-state index contributed by atoms with van der Waals surface area (Å²) in [5, 5.41) is 7.36. The van der Waals surface area contributed by atoms with E-state index in [0.717, 1.165) is 17.3 Å². The fraction of sp³-hybridized carbons (Fsp3) is 0.0833. The highest BCUT2D eigenvalue weighted by molar-refractivity contribution is 5.43. The maximum Gasteiger partial charge on any atom is 0.153 e. The summed E-state index contributed by atoms with van der Waals surface area (Å²) in [6, 6.07) is 5.75. The molecule has 0 aliphatic rings. The maximum absolute atomic E-state index is 4.33. The highest BCUT2D eigenvalue weighted by Gasteiger charge is 1.99. The summed E-state index contributed by atoms with van der Waals surface area (Å²) in [6.07, 6.45) is 8.90. The number of aromatic amines is 1. The van der Waals surface area contributed by atoms with Crippen molar-refractivity contribution in [2.45, 2.75) is 6.54 Å². The molecule has 0 aromatic carbocycles. The summed E-state index contributed by atoms with van der Waals surface area (Å²) in [6.45, 7) is 0.649. The first-order valence-corrected chi connectivity index (χ1v) is 5.60. The Bertz CT molecular complexity index is 582. The Balaban J connectivity index is 1.68. The van der Waals surface area contributed by atoms with Crippen LogP contribution in [0.3, 0.4) is 0 Å². The molecule has 3 heterocycles. The van der Waals surface area contributed by atoms with E-state index in [1.165, 1.54) is 0 Å². The molecule has 0 fully saturated rings. The predicted molar refractivity (Wildman–Crippen MR) is 67.3 cm³/mol. The van der Waals surface area contributed by atoms with Crippen LogP contribution in [0.25, 0.3) is 5.82 Å². The van der Waals surface area contributed by atoms with E-state index < -0.39 is 0 Å². The number of imidazole rings is 1. The van der Waals surface area contributed by atoms with Crippen LogP contribution in [0.2, 0.25) is 0 Å². The average molecular weight is 240 g/mol. The first-order valence-electron chi connectivity index (χ1n) is 5.60. The van der Waals surface area contributed by atoms with Crippen LogP contribution < -0.4 is 5.32 Å². The van der Waals surface area contributed by atoms with E-state index in [4.69, 9.17) is 0 Å². The summed E-state index contributed by atoms with van der Waals surface area (Å²) < 4.78 is 1.72. The third-order valence-electron chi connectivity index (χ3n) is 2.50. The van der Waals surface area contributed by atoms with Gasteiger partial charge in [0.2, 0.25) is 0 Å². The third-order valence-corrected chi connectivity index (χ3v) is 2.50. The van der Waals surface area contributed by atoms with Gasteiger partial charge in [-0.25, -0.2) is 14.6 Å². The number of hydrogen-bond donors (Lipinski definition) is 2. The van der Waals surface area contributed by atoms with Crippen molar-refractivity contribution in [2.24, 2.45) is 0 Å². The molecule has 90 valence electrons. The minimum Gasteiger partial charge on any atom is -0.377 e. The van der Waals surface area contributed by atoms with Crippen molar-refractivity contribution in [1.29, 1.82) is 0 Å². The van der Waals surface area contributed by atoms with Crippen LogP contribution in [0.5, 0.6) is 0 Å². The highest BCUT2D eigenvalue weighted by atomic mass is 15.3. The Kier molecular flexibility index (Phi) is 2.75. The van der Waals surface area contributed by atoms with Crippen LogP contribution in [-0.2, 0) is 6.54 Å². The fourth-order valence-electron chi connectivity index (χ4n) is 1.61. The zero-order chi connectivity index (χ0) is 12.2. The van der Waals surface area contributed by atoms with E-state index in [1.54, 1.807) is 29.5 Å². The largest absolute Gasteiger partial charge is 0.377 e. The molecular weight excluding hydrogens is 228 g/mol. The number of aromatic nitrogens is 5. The molecule has 0 aliphatic heterocycles. The van der Waals surface area contributed by atoms with Crippen LogP contribution in [0.15, 0.2) is 49.2 Å². The van der Waals surface area contributed by atoms with E-state index in [0.29, 0.717) is 6.54 Å². The van der Waals surface area contributed by atoms with E-state index in [1.807, 2.05) is 24.4 Å². The summed E-state index contributed by atoms with van der Waals surface area (Å²) in [5.41, 5.74) is 0.947. The normalized spacial score (nSPS) is 10.4. The molecule has 0 unspecified atom stereocenters. The van der Waals surface area contributed by atoms with E-state index in [-0.39, 0.29) is 0 Å². The van der Waals surface area contributed by atoms with Gasteiger partial charge in [-0.05, 0) is 18.2 Å². The Morgan fingerprint density at radius 2 is 2.22 bits per heavy atom. The summed E-state index contributed by atoms with van der Waals surface area (Å²) >= 11 is 0. The molecule has 0 amide bonds. The van der Waals surface area contributed by atoms with Gasteiger partial charge in [0.15, 0.2) is 5.82 Å². The molecule has 0 saturated carbocycles. The van der Waals surface area contributed by atoms with Gasteiger partial charge in [-0.15, -0.1) is 0 Å². The van der Waals surface area contributed by atoms with E-state index in [2.05, 4.69) is 25.4 Å². The smallest absolute Gasteiger partial charge is 0.153 e. The zero-order valence-corrected chi connectivity index (χ0v) is 9.61. The van der Waals surface area contributed by atoms with Crippen LogP contribution in [0, 0.1) is 0 Å². The third kappa shape index (κ3) is 2.22. The highest BCUT2D eigenvalue weighted by Crippen LogP contribution is 2.09. The molecular formula is C12H12N6. The summed E-state index contributed by atoms with van der Waals surface area (Å²) in [5.74, 6) is 1.69. The lowest BCUT2D eigenvalue weighted by Crippen LogP contribution is -2.03. The van der Waals surface area contributed by atoms with Crippen LogP contribution >= 0.6 is 0 Å². The number of H-pyrrole nitrogens is 1. The van der Waals surface area contributed by atoms with Gasteiger partial charge in [0.1, 0.15) is 5.82 Å². The number of rotatable bonds is 4. The van der Waals surface area contributed by atoms with Crippen LogP contribution in [-0.4, -0.2) is 24.7 Å². The number of pyridine rings is 1. The molecule has 3 aromatic rings. The molecule has 0 bridgehead atoms. The SMILES string of the molecule is c1cnn(-c2ccc(NCc3ncc[nH]3)cn2)c1. The van der Waals surface area contributed by atoms with Gasteiger partial charge in [0, 0.05) is 24.8 Å². The zero-order valence-electron chi connectivity index (χ0n) is 9.61. The molecule has 3 rings (SSSR count). The minimum absolute atomic E-state index is 0.649. The van der Waals surface area contributed by atoms with Crippen molar-refractivity contribution in [2.75, 3.05) is 5.32 Å². The van der Waals surface area contributed by atoms with Crippen molar-refractivity contribution in [3.63, 3.8) is 0 Å². The molecule has 2 N–H and O–H groups in total. The topological polar surface area (TPSA) is 71.4 Å². The van der Waals surface area contributed by atoms with Crippen molar-refractivity contribution >= 4 is 5.69 Å². The van der Waals surface area contributed by atoms with Crippen LogP contribution in [0.4, 0.5) is 5.69 Å². The van der Waals surface area contributed by atoms with Gasteiger partial charge >= 0.3 is 0 Å². The second-order valence-electron chi connectivity index (χ2n) is 3.75. The molecule has 3 aromatic heterocycles. The Morgan fingerprint density at radius 3 is 2.89 bits per heavy atom. The number of nitrogens with zero attached hydrogens (tertiary/aromatic N) is 4. The second kappa shape index (κ2) is 4.70. The molecule has 0 radical (unpaired) electrons. The minimum atomic E-state index is 0.649. The van der Waals surface area contributed by atoms with Gasteiger partial charge in [-0.1, -0.05) is 0 Å². The lowest BCUT2D eigenvalue weighted by atomic mass is 10.4. The molecule has 0 atom stereocenters. The van der Waals surface area contributed by atoms with Crippen molar-refractivity contribution < 1.29 is 0 Å². The van der Waals surface area contributed by atoms with Gasteiger partial charge < -0.3 is 10.3 Å². The molecule has 18 heavy (non-hydrogen) atoms. The predicted octanol–water partition coefficient (Wildman–Crippen LogP) is 1.60. The first kappa shape index (κ1) is 10.5. The number of anilines is 1. The van der Waals surface area contributed by atoms with Crippen molar-refractivity contribution in [3.05, 3.63) is 55.0 Å². The second-order valence-corrected chi connectivity index (χ2v) is 3.75. The van der Waals surface area contributed by atoms with E-state index >= 15 is 0 Å². The average Bonchev–Trinajstić information content (AvgIpc) is 3.10. The van der Waals surface area contributed by atoms with Crippen molar-refractivity contribution in [3.8, 4) is 5.82 Å². The summed E-state index contributed by atoms with van der Waals surface area (Å²) in [4.78, 5) is 11.5. The molecule has 0 spiro atoms. The first-order chi connectivity index (χ1) is 8.92. The van der Waals surface area contributed by atoms with E-state index in [9.17, 15) is 0 Å². The lowest BCUT2D eigenvalue weighted by molar-refractivity contribution is 0.846. The molecule has 6 heteroatoms. The maximum atomic E-state index is 4.33. The van der Waals surface area contributed by atoms with Gasteiger partial charge in [0.05, 0.1) is 18.4 Å². The van der Waals surface area contributed by atoms with Crippen LogP contribution in [0.1, 0.15) is 5.82 Å². The molecule has 0 saturated heterocycles. The van der Waals surface area contributed by atoms with Crippen molar-refractivity contribution in [1.82, 2.24) is 24.7 Å². The Morgan fingerprint density at radius 1 is 1.22 bits per heavy atom. The Hall–Kier alpha value is -2.63. The fourth-order valence-corrected chi connectivity index (χ4v) is 1.61. The lowest BCUT2D eigenvalue weighted by Gasteiger charge is -2.05. The molecule has 6 nitrogen and oxygen atoms in total. The number of hydrogen-bond acceptors (Lipinski definition) is 4. The molecule has 0 aliphatic carbocycles. The van der Waals surface area contributed by atoms with Gasteiger partial charge in [0.25, 0.3) is 0 Å². The quantitative estimate of drug-likeness (QED) is 0.726. The standard InChI is InChI=1S/C12H12N6/c1-4-17-18(7-1)12-3-2-10(8-16-12)15-9-11-13-5-6-14-11/h1-8,15H,9H2,(H,13,14). The summed E-state index contributed by atoms with van der Waals surface area (Å²) in [7, 11) is 0.